The lowest BCUT2D eigenvalue weighted by Crippen LogP contribution is -2.16. The first-order valence-corrected chi connectivity index (χ1v) is 8.01. The lowest BCUT2D eigenvalue weighted by molar-refractivity contribution is -0.274. The molecule has 1 heterocycles. The third-order valence-electron chi connectivity index (χ3n) is 3.37. The van der Waals surface area contributed by atoms with Crippen molar-refractivity contribution < 1.29 is 22.7 Å². The van der Waals surface area contributed by atoms with Crippen LogP contribution in [0.1, 0.15) is 10.4 Å². The zero-order valence-electron chi connectivity index (χ0n) is 14.8. The molecule has 0 atom stereocenters. The number of nitrogens with zero attached hydrogens (tertiary/aromatic N) is 2. The number of benzene rings is 2. The van der Waals surface area contributed by atoms with Crippen LogP contribution in [0.2, 0.25) is 0 Å². The van der Waals surface area contributed by atoms with Crippen LogP contribution in [-0.2, 0) is 0 Å². The van der Waals surface area contributed by atoms with E-state index in [-0.39, 0.29) is 5.75 Å². The van der Waals surface area contributed by atoms with Crippen LogP contribution < -0.4 is 15.8 Å². The van der Waals surface area contributed by atoms with Crippen LogP contribution in [-0.4, -0.2) is 29.7 Å². The average Bonchev–Trinajstić information content (AvgIpc) is 2.70. The number of alkyl halides is 3. The minimum atomic E-state index is -4.73. The van der Waals surface area contributed by atoms with Gasteiger partial charge in [-0.3, -0.25) is 4.79 Å². The second-order valence-electron chi connectivity index (χ2n) is 5.23. The molecule has 0 spiro atoms. The van der Waals surface area contributed by atoms with Crippen molar-refractivity contribution in [1.82, 2.24) is 9.97 Å². The van der Waals surface area contributed by atoms with Gasteiger partial charge in [-0.25, -0.2) is 9.97 Å². The van der Waals surface area contributed by atoms with E-state index in [4.69, 9.17) is 0 Å². The van der Waals surface area contributed by atoms with E-state index >= 15 is 0 Å². The minimum absolute atomic E-state index is 0.304. The Labute approximate surface area is 159 Å². The maximum atomic E-state index is 12.2. The maximum Gasteiger partial charge on any atom is 0.573 e. The molecular weight excluding hydrogens is 373 g/mol. The fourth-order valence-corrected chi connectivity index (χ4v) is 2.20. The lowest BCUT2D eigenvalue weighted by atomic mass is 10.1. The number of carbonyl (C=O) groups excluding carboxylic acids is 1. The standard InChI is InChI=1S/C18H12F3N3O2.CH5N/c19-18(20,21)26-15-7-5-14(6-8-15)24-17-9-16(22-11-23-17)13-3-1-12(10-25)2-4-13;1-2/h1-11H,(H,22,23,24);2H2,1H3. The maximum absolute atomic E-state index is 12.2. The van der Waals surface area contributed by atoms with E-state index < -0.39 is 6.36 Å². The molecule has 0 saturated carbocycles. The molecular formula is C19H17F3N4O2. The number of ether oxygens (including phenoxy) is 1. The summed E-state index contributed by atoms with van der Waals surface area (Å²) in [6.45, 7) is 0. The molecule has 0 unspecified atom stereocenters. The number of hydrogen-bond acceptors (Lipinski definition) is 6. The van der Waals surface area contributed by atoms with Crippen molar-refractivity contribution in [2.24, 2.45) is 5.73 Å². The van der Waals surface area contributed by atoms with Crippen molar-refractivity contribution in [2.45, 2.75) is 6.36 Å². The summed E-state index contributed by atoms with van der Waals surface area (Å²) in [4.78, 5) is 19.0. The van der Waals surface area contributed by atoms with Gasteiger partial charge in [-0.1, -0.05) is 24.3 Å². The van der Waals surface area contributed by atoms with Crippen LogP contribution in [0.3, 0.4) is 0 Å². The van der Waals surface area contributed by atoms with Crippen molar-refractivity contribution >= 4 is 17.8 Å². The Kier molecular flexibility index (Phi) is 7.05. The lowest BCUT2D eigenvalue weighted by Gasteiger charge is -2.10. The molecule has 0 fully saturated rings. The second-order valence-corrected chi connectivity index (χ2v) is 5.23. The number of carbonyl (C=O) groups is 1. The summed E-state index contributed by atoms with van der Waals surface area (Å²) < 4.78 is 40.3. The highest BCUT2D eigenvalue weighted by Gasteiger charge is 2.30. The molecule has 146 valence electrons. The van der Waals surface area contributed by atoms with Crippen molar-refractivity contribution in [3.8, 4) is 17.0 Å². The zero-order valence-corrected chi connectivity index (χ0v) is 14.8. The number of rotatable bonds is 5. The molecule has 0 amide bonds. The smallest absolute Gasteiger partial charge is 0.406 e. The van der Waals surface area contributed by atoms with Gasteiger partial charge in [0.15, 0.2) is 0 Å². The normalized spacial score (nSPS) is 10.5. The van der Waals surface area contributed by atoms with Gasteiger partial charge in [0.2, 0.25) is 0 Å². The van der Waals surface area contributed by atoms with Gasteiger partial charge in [-0.15, -0.1) is 13.2 Å². The summed E-state index contributed by atoms with van der Waals surface area (Å²) in [5.74, 6) is 0.167. The monoisotopic (exact) mass is 390 g/mol. The summed E-state index contributed by atoms with van der Waals surface area (Å²) >= 11 is 0. The van der Waals surface area contributed by atoms with Crippen LogP contribution >= 0.6 is 0 Å². The highest BCUT2D eigenvalue weighted by Crippen LogP contribution is 2.26. The Morgan fingerprint density at radius 1 is 1.00 bits per heavy atom. The molecule has 1 aromatic heterocycles. The van der Waals surface area contributed by atoms with E-state index in [2.05, 4.69) is 25.8 Å². The highest BCUT2D eigenvalue weighted by molar-refractivity contribution is 5.76. The number of aromatic nitrogens is 2. The minimum Gasteiger partial charge on any atom is -0.406 e. The van der Waals surface area contributed by atoms with Crippen LogP contribution in [0.15, 0.2) is 60.9 Å². The second kappa shape index (κ2) is 9.47. The Hall–Kier alpha value is -3.46. The number of halogens is 3. The largest absolute Gasteiger partial charge is 0.573 e. The van der Waals surface area contributed by atoms with E-state index in [1.807, 2.05) is 0 Å². The predicted octanol–water partition coefficient (Wildman–Crippen LogP) is 4.17. The van der Waals surface area contributed by atoms with E-state index in [1.165, 1.54) is 37.6 Å². The van der Waals surface area contributed by atoms with Crippen LogP contribution in [0, 0.1) is 0 Å². The molecule has 3 rings (SSSR count). The molecule has 3 aromatic rings. The third kappa shape index (κ3) is 6.06. The zero-order chi connectivity index (χ0) is 20.6. The molecule has 0 aliphatic heterocycles. The summed E-state index contributed by atoms with van der Waals surface area (Å²) in [6.07, 6.45) is -2.61. The third-order valence-corrected chi connectivity index (χ3v) is 3.37. The molecule has 28 heavy (non-hydrogen) atoms. The number of nitrogens with one attached hydrogen (secondary N) is 1. The van der Waals surface area contributed by atoms with Gasteiger partial charge in [0.25, 0.3) is 0 Å². The Morgan fingerprint density at radius 2 is 1.64 bits per heavy atom. The molecule has 9 heteroatoms. The van der Waals surface area contributed by atoms with Gasteiger partial charge in [0, 0.05) is 22.9 Å². The quantitative estimate of drug-likeness (QED) is 0.636. The summed E-state index contributed by atoms with van der Waals surface area (Å²) in [7, 11) is 1.50. The summed E-state index contributed by atoms with van der Waals surface area (Å²) in [5, 5.41) is 2.98. The van der Waals surface area contributed by atoms with Crippen LogP contribution in [0.25, 0.3) is 11.3 Å². The molecule has 0 bridgehead atoms. The Morgan fingerprint density at radius 3 is 2.21 bits per heavy atom. The van der Waals surface area contributed by atoms with Gasteiger partial charge < -0.3 is 15.8 Å². The number of hydrogen-bond donors (Lipinski definition) is 2. The molecule has 0 aliphatic carbocycles. The van der Waals surface area contributed by atoms with Crippen molar-refractivity contribution in [2.75, 3.05) is 12.4 Å². The first-order chi connectivity index (χ1) is 13.4. The molecule has 2 aromatic carbocycles. The predicted molar refractivity (Wildman–Crippen MR) is 99.4 cm³/mol. The molecule has 0 aliphatic rings. The first kappa shape index (κ1) is 20.8. The van der Waals surface area contributed by atoms with Gasteiger partial charge in [-0.2, -0.15) is 0 Å². The van der Waals surface area contributed by atoms with Crippen molar-refractivity contribution in [1.29, 1.82) is 0 Å². The summed E-state index contributed by atoms with van der Waals surface area (Å²) in [6, 6.07) is 13.9. The molecule has 3 N–H and O–H groups in total. The fourth-order valence-electron chi connectivity index (χ4n) is 2.20. The first-order valence-electron chi connectivity index (χ1n) is 8.01. The van der Waals surface area contributed by atoms with Gasteiger partial charge >= 0.3 is 6.36 Å². The van der Waals surface area contributed by atoms with Gasteiger partial charge in [0.05, 0.1) is 5.69 Å². The van der Waals surface area contributed by atoms with E-state index in [0.717, 1.165) is 11.8 Å². The molecule has 0 radical (unpaired) electrons. The Bertz CT molecular complexity index is 898. The van der Waals surface area contributed by atoms with Crippen molar-refractivity contribution in [3.05, 3.63) is 66.5 Å². The molecule has 0 saturated heterocycles. The van der Waals surface area contributed by atoms with E-state index in [9.17, 15) is 18.0 Å². The van der Waals surface area contributed by atoms with Crippen molar-refractivity contribution in [3.63, 3.8) is 0 Å². The highest BCUT2D eigenvalue weighted by atomic mass is 19.4. The van der Waals surface area contributed by atoms with E-state index in [1.54, 1.807) is 30.3 Å². The SMILES string of the molecule is CN.O=Cc1ccc(-c2cc(Nc3ccc(OC(F)(F)F)cc3)ncn2)cc1. The average molecular weight is 390 g/mol. The Balaban J connectivity index is 0.00000136. The molecule has 6 nitrogen and oxygen atoms in total. The van der Waals surface area contributed by atoms with Crippen LogP contribution in [0.4, 0.5) is 24.7 Å². The van der Waals surface area contributed by atoms with Crippen LogP contribution in [0.5, 0.6) is 5.75 Å². The number of anilines is 2. The fraction of sp³-hybridized carbons (Fsp3) is 0.105. The van der Waals surface area contributed by atoms with Gasteiger partial charge in [-0.05, 0) is 31.3 Å². The topological polar surface area (TPSA) is 90.1 Å². The van der Waals surface area contributed by atoms with E-state index in [0.29, 0.717) is 22.8 Å². The number of nitrogens with two attached hydrogens (primary N) is 1. The summed E-state index contributed by atoms with van der Waals surface area (Å²) in [5.41, 5.74) is 7.04. The van der Waals surface area contributed by atoms with Gasteiger partial charge in [0.1, 0.15) is 24.2 Å². The number of aldehydes is 1.